The van der Waals surface area contributed by atoms with Crippen molar-refractivity contribution in [1.82, 2.24) is 0 Å². The van der Waals surface area contributed by atoms with Crippen LogP contribution in [0.25, 0.3) is 0 Å². The molecule has 0 rings (SSSR count). The van der Waals surface area contributed by atoms with Gasteiger partial charge in [-0.15, -0.1) is 0 Å². The van der Waals surface area contributed by atoms with E-state index in [1.54, 1.807) is 13.8 Å². The molecule has 0 fully saturated rings. The number of carbonyl (C=O) groups excluding carboxylic acids is 1. The van der Waals surface area contributed by atoms with E-state index in [2.05, 4.69) is 0 Å². The SMILES string of the molecule is CCCCOC(=O)C(C)=C(C)N. The van der Waals surface area contributed by atoms with Crippen LogP contribution in [0.1, 0.15) is 33.6 Å². The highest BCUT2D eigenvalue weighted by Crippen LogP contribution is 2.00. The Morgan fingerprint density at radius 2 is 2.00 bits per heavy atom. The molecule has 0 radical (unpaired) electrons. The Kier molecular flexibility index (Phi) is 5.17. The molecule has 3 heteroatoms. The van der Waals surface area contributed by atoms with Crippen LogP contribution in [0.4, 0.5) is 0 Å². The maximum atomic E-state index is 11.1. The second kappa shape index (κ2) is 5.63. The van der Waals surface area contributed by atoms with Gasteiger partial charge in [-0.3, -0.25) is 0 Å². The fraction of sp³-hybridized carbons (Fsp3) is 0.667. The minimum atomic E-state index is -0.302. The standard InChI is InChI=1S/C9H17NO2/c1-4-5-6-12-9(11)7(2)8(3)10/h4-6,10H2,1-3H3. The summed E-state index contributed by atoms with van der Waals surface area (Å²) in [6, 6.07) is 0. The number of esters is 1. The number of hydrogen-bond donors (Lipinski definition) is 1. The van der Waals surface area contributed by atoms with E-state index in [9.17, 15) is 4.79 Å². The Bertz CT molecular complexity index is 181. The molecule has 0 aromatic heterocycles. The van der Waals surface area contributed by atoms with Crippen molar-refractivity contribution in [3.63, 3.8) is 0 Å². The molecule has 0 atom stereocenters. The van der Waals surface area contributed by atoms with Gasteiger partial charge in [0.2, 0.25) is 0 Å². The topological polar surface area (TPSA) is 52.3 Å². The first-order valence-electron chi connectivity index (χ1n) is 4.19. The maximum Gasteiger partial charge on any atom is 0.335 e. The summed E-state index contributed by atoms with van der Waals surface area (Å²) in [5, 5.41) is 0. The average Bonchev–Trinajstić information content (AvgIpc) is 2.03. The summed E-state index contributed by atoms with van der Waals surface area (Å²) in [5.74, 6) is -0.302. The molecule has 0 bridgehead atoms. The average molecular weight is 171 g/mol. The van der Waals surface area contributed by atoms with Crippen LogP contribution < -0.4 is 5.73 Å². The van der Waals surface area contributed by atoms with Gasteiger partial charge in [0.25, 0.3) is 0 Å². The molecule has 0 aliphatic heterocycles. The van der Waals surface area contributed by atoms with Crippen LogP contribution >= 0.6 is 0 Å². The molecule has 2 N–H and O–H groups in total. The third-order valence-corrected chi connectivity index (χ3v) is 1.63. The second-order valence-corrected chi connectivity index (χ2v) is 2.80. The van der Waals surface area contributed by atoms with Crippen LogP contribution in [0.5, 0.6) is 0 Å². The Balaban J connectivity index is 3.81. The van der Waals surface area contributed by atoms with Crippen LogP contribution in [0, 0.1) is 0 Å². The maximum absolute atomic E-state index is 11.1. The number of ether oxygens (including phenoxy) is 1. The lowest BCUT2D eigenvalue weighted by molar-refractivity contribution is -0.139. The number of unbranched alkanes of at least 4 members (excludes halogenated alkanes) is 1. The van der Waals surface area contributed by atoms with Crippen molar-refractivity contribution in [2.24, 2.45) is 5.73 Å². The van der Waals surface area contributed by atoms with Crippen LogP contribution in [-0.2, 0) is 9.53 Å². The molecule has 70 valence electrons. The summed E-state index contributed by atoms with van der Waals surface area (Å²) in [4.78, 5) is 11.1. The van der Waals surface area contributed by atoms with Gasteiger partial charge in [0, 0.05) is 5.70 Å². The third kappa shape index (κ3) is 4.01. The Morgan fingerprint density at radius 3 is 2.42 bits per heavy atom. The van der Waals surface area contributed by atoms with Crippen LogP contribution in [0.3, 0.4) is 0 Å². The van der Waals surface area contributed by atoms with Crippen molar-refractivity contribution in [1.29, 1.82) is 0 Å². The normalized spacial score (nSPS) is 12.2. The molecule has 3 nitrogen and oxygen atoms in total. The molecule has 0 unspecified atom stereocenters. The van der Waals surface area contributed by atoms with E-state index in [0.29, 0.717) is 17.9 Å². The number of carbonyl (C=O) groups is 1. The zero-order valence-electron chi connectivity index (χ0n) is 8.02. The van der Waals surface area contributed by atoms with Crippen molar-refractivity contribution >= 4 is 5.97 Å². The van der Waals surface area contributed by atoms with E-state index >= 15 is 0 Å². The highest BCUT2D eigenvalue weighted by atomic mass is 16.5. The summed E-state index contributed by atoms with van der Waals surface area (Å²) >= 11 is 0. The molecule has 0 amide bonds. The minimum Gasteiger partial charge on any atom is -0.462 e. The van der Waals surface area contributed by atoms with E-state index in [1.165, 1.54) is 0 Å². The van der Waals surface area contributed by atoms with E-state index < -0.39 is 0 Å². The summed E-state index contributed by atoms with van der Waals surface area (Å²) in [7, 11) is 0. The third-order valence-electron chi connectivity index (χ3n) is 1.63. The molecule has 0 heterocycles. The molecule has 0 aromatic carbocycles. The summed E-state index contributed by atoms with van der Waals surface area (Å²) in [6.07, 6.45) is 1.93. The van der Waals surface area contributed by atoms with Crippen molar-refractivity contribution in [3.05, 3.63) is 11.3 Å². The number of hydrogen-bond acceptors (Lipinski definition) is 3. The zero-order valence-corrected chi connectivity index (χ0v) is 8.02. The van der Waals surface area contributed by atoms with Crippen molar-refractivity contribution in [2.45, 2.75) is 33.6 Å². The van der Waals surface area contributed by atoms with Gasteiger partial charge in [-0.1, -0.05) is 13.3 Å². The van der Waals surface area contributed by atoms with Gasteiger partial charge in [0.05, 0.1) is 12.2 Å². The van der Waals surface area contributed by atoms with Gasteiger partial charge in [0.1, 0.15) is 0 Å². The van der Waals surface area contributed by atoms with E-state index in [-0.39, 0.29) is 5.97 Å². The van der Waals surface area contributed by atoms with Gasteiger partial charge in [0.15, 0.2) is 0 Å². The summed E-state index contributed by atoms with van der Waals surface area (Å²) in [6.45, 7) is 5.89. The van der Waals surface area contributed by atoms with Gasteiger partial charge >= 0.3 is 5.97 Å². The minimum absolute atomic E-state index is 0.302. The largest absolute Gasteiger partial charge is 0.462 e. The van der Waals surface area contributed by atoms with Crippen LogP contribution in [-0.4, -0.2) is 12.6 Å². The van der Waals surface area contributed by atoms with Crippen molar-refractivity contribution in [2.75, 3.05) is 6.61 Å². The highest BCUT2D eigenvalue weighted by Gasteiger charge is 2.06. The van der Waals surface area contributed by atoms with E-state index in [1.807, 2.05) is 6.92 Å². The lowest BCUT2D eigenvalue weighted by atomic mass is 10.2. The molecule has 0 spiro atoms. The lowest BCUT2D eigenvalue weighted by Crippen LogP contribution is -2.11. The predicted octanol–water partition coefficient (Wildman–Crippen LogP) is 1.58. The summed E-state index contributed by atoms with van der Waals surface area (Å²) < 4.78 is 4.93. The monoisotopic (exact) mass is 171 g/mol. The first kappa shape index (κ1) is 11.0. The molecular formula is C9H17NO2. The van der Waals surface area contributed by atoms with Gasteiger partial charge in [-0.25, -0.2) is 4.79 Å². The fourth-order valence-electron chi connectivity index (χ4n) is 0.578. The molecular weight excluding hydrogens is 154 g/mol. The van der Waals surface area contributed by atoms with Gasteiger partial charge in [-0.2, -0.15) is 0 Å². The molecule has 0 aliphatic rings. The molecule has 12 heavy (non-hydrogen) atoms. The number of nitrogens with two attached hydrogens (primary N) is 1. The Morgan fingerprint density at radius 1 is 1.42 bits per heavy atom. The first-order valence-corrected chi connectivity index (χ1v) is 4.19. The van der Waals surface area contributed by atoms with Crippen molar-refractivity contribution in [3.8, 4) is 0 Å². The summed E-state index contributed by atoms with van der Waals surface area (Å²) in [5.41, 5.74) is 6.45. The Hall–Kier alpha value is -0.990. The second-order valence-electron chi connectivity index (χ2n) is 2.80. The van der Waals surface area contributed by atoms with E-state index in [4.69, 9.17) is 10.5 Å². The predicted molar refractivity (Wildman–Crippen MR) is 48.4 cm³/mol. The van der Waals surface area contributed by atoms with Gasteiger partial charge in [-0.05, 0) is 20.3 Å². The quantitative estimate of drug-likeness (QED) is 0.397. The van der Waals surface area contributed by atoms with Crippen molar-refractivity contribution < 1.29 is 9.53 Å². The first-order chi connectivity index (χ1) is 5.59. The number of allylic oxidation sites excluding steroid dienone is 1. The zero-order chi connectivity index (χ0) is 9.56. The number of rotatable bonds is 4. The van der Waals surface area contributed by atoms with Crippen LogP contribution in [0.15, 0.2) is 11.3 Å². The molecule has 0 aliphatic carbocycles. The van der Waals surface area contributed by atoms with E-state index in [0.717, 1.165) is 12.8 Å². The molecule has 0 aromatic rings. The van der Waals surface area contributed by atoms with Gasteiger partial charge < -0.3 is 10.5 Å². The Labute approximate surface area is 73.6 Å². The highest BCUT2D eigenvalue weighted by molar-refractivity contribution is 5.88. The lowest BCUT2D eigenvalue weighted by Gasteiger charge is -2.04. The molecule has 0 saturated heterocycles. The van der Waals surface area contributed by atoms with Crippen LogP contribution in [0.2, 0.25) is 0 Å². The smallest absolute Gasteiger partial charge is 0.335 e. The fourth-order valence-corrected chi connectivity index (χ4v) is 0.578. The molecule has 0 saturated carbocycles.